The maximum atomic E-state index is 6.42. The summed E-state index contributed by atoms with van der Waals surface area (Å²) in [6.45, 7) is 2.29. The van der Waals surface area contributed by atoms with Gasteiger partial charge in [0.15, 0.2) is 11.5 Å². The minimum absolute atomic E-state index is 0.0567. The first-order valence-corrected chi connectivity index (χ1v) is 12.5. The molecule has 0 radical (unpaired) electrons. The van der Waals surface area contributed by atoms with Gasteiger partial charge in [0, 0.05) is 18.1 Å². The van der Waals surface area contributed by atoms with E-state index in [-0.39, 0.29) is 6.04 Å². The van der Waals surface area contributed by atoms with Gasteiger partial charge in [-0.05, 0) is 70.6 Å². The lowest BCUT2D eigenvalue weighted by Crippen LogP contribution is -2.35. The number of methoxy groups -OCH3 is 2. The monoisotopic (exact) mass is 499 g/mol. The number of rotatable bonds is 8. The summed E-state index contributed by atoms with van der Waals surface area (Å²) in [5.74, 6) is 2.38. The zero-order valence-corrected chi connectivity index (χ0v) is 21.4. The molecule has 5 rings (SSSR count). The van der Waals surface area contributed by atoms with Crippen LogP contribution in [0.1, 0.15) is 33.9 Å². The minimum Gasteiger partial charge on any atom is -0.493 e. The van der Waals surface area contributed by atoms with E-state index in [2.05, 4.69) is 65.6 Å². The topological polar surface area (TPSA) is 30.9 Å². The summed E-state index contributed by atoms with van der Waals surface area (Å²) in [6.07, 6.45) is 0.936. The summed E-state index contributed by atoms with van der Waals surface area (Å²) in [5.41, 5.74) is 6.06. The van der Waals surface area contributed by atoms with E-state index < -0.39 is 0 Å². The van der Waals surface area contributed by atoms with Gasteiger partial charge in [0.1, 0.15) is 12.4 Å². The molecule has 1 aliphatic heterocycles. The van der Waals surface area contributed by atoms with Gasteiger partial charge in [-0.3, -0.25) is 4.90 Å². The van der Waals surface area contributed by atoms with Crippen molar-refractivity contribution in [1.29, 1.82) is 0 Å². The molecule has 1 unspecified atom stereocenters. The van der Waals surface area contributed by atoms with E-state index in [9.17, 15) is 0 Å². The van der Waals surface area contributed by atoms with Gasteiger partial charge in [0.25, 0.3) is 0 Å². The molecule has 36 heavy (non-hydrogen) atoms. The molecule has 0 saturated heterocycles. The van der Waals surface area contributed by atoms with Gasteiger partial charge >= 0.3 is 0 Å². The van der Waals surface area contributed by atoms with Crippen LogP contribution in [0, 0.1) is 0 Å². The zero-order chi connectivity index (χ0) is 24.9. The third-order valence-electron chi connectivity index (χ3n) is 6.70. The second-order valence-corrected chi connectivity index (χ2v) is 9.44. The molecular weight excluding hydrogens is 470 g/mol. The molecule has 0 bridgehead atoms. The standard InChI is InChI=1S/C31H30ClNO3/c1-34-29-18-24-15-16-33(31(28(24)19-30(29)35-2)25-9-6-10-26(32)17-25)20-22-11-13-27(14-12-22)36-21-23-7-4-3-5-8-23/h3-14,17-19,31H,15-16,20-21H2,1-2H3. The van der Waals surface area contributed by atoms with Gasteiger partial charge in [-0.2, -0.15) is 0 Å². The molecule has 1 atom stereocenters. The molecule has 5 heteroatoms. The van der Waals surface area contributed by atoms with Crippen LogP contribution in [-0.4, -0.2) is 25.7 Å². The van der Waals surface area contributed by atoms with Gasteiger partial charge in [-0.1, -0.05) is 66.2 Å². The van der Waals surface area contributed by atoms with Gasteiger partial charge in [-0.25, -0.2) is 0 Å². The Kier molecular flexibility index (Phi) is 7.45. The Morgan fingerprint density at radius 3 is 2.28 bits per heavy atom. The van der Waals surface area contributed by atoms with Crippen LogP contribution in [-0.2, 0) is 19.6 Å². The van der Waals surface area contributed by atoms with Crippen molar-refractivity contribution in [1.82, 2.24) is 4.90 Å². The zero-order valence-electron chi connectivity index (χ0n) is 20.6. The fraction of sp³-hybridized carbons (Fsp3) is 0.226. The van der Waals surface area contributed by atoms with Crippen LogP contribution in [0.15, 0.2) is 91.0 Å². The SMILES string of the molecule is COc1cc2c(cc1OC)C(c1cccc(Cl)c1)N(Cc1ccc(OCc3ccccc3)cc1)CC2. The lowest BCUT2D eigenvalue weighted by Gasteiger charge is -2.38. The molecule has 1 aliphatic rings. The Bertz CT molecular complexity index is 1310. The van der Waals surface area contributed by atoms with E-state index >= 15 is 0 Å². The van der Waals surface area contributed by atoms with Crippen molar-refractivity contribution >= 4 is 11.6 Å². The molecule has 0 N–H and O–H groups in total. The Morgan fingerprint density at radius 1 is 0.806 bits per heavy atom. The quantitative estimate of drug-likeness (QED) is 0.259. The predicted molar refractivity (Wildman–Crippen MR) is 144 cm³/mol. The van der Waals surface area contributed by atoms with E-state index in [4.69, 9.17) is 25.8 Å². The van der Waals surface area contributed by atoms with E-state index in [1.54, 1.807) is 14.2 Å². The van der Waals surface area contributed by atoms with E-state index in [1.165, 1.54) is 22.3 Å². The van der Waals surface area contributed by atoms with Crippen molar-refractivity contribution in [2.75, 3.05) is 20.8 Å². The third-order valence-corrected chi connectivity index (χ3v) is 6.93. The third kappa shape index (κ3) is 5.35. The largest absolute Gasteiger partial charge is 0.493 e. The smallest absolute Gasteiger partial charge is 0.161 e. The molecule has 0 aliphatic carbocycles. The van der Waals surface area contributed by atoms with Crippen LogP contribution < -0.4 is 14.2 Å². The highest BCUT2D eigenvalue weighted by Gasteiger charge is 2.30. The van der Waals surface area contributed by atoms with Crippen LogP contribution >= 0.6 is 11.6 Å². The van der Waals surface area contributed by atoms with Gasteiger partial charge in [-0.15, -0.1) is 0 Å². The number of nitrogens with zero attached hydrogens (tertiary/aromatic N) is 1. The number of hydrogen-bond donors (Lipinski definition) is 0. The molecular formula is C31H30ClNO3. The molecule has 4 nitrogen and oxygen atoms in total. The molecule has 0 fully saturated rings. The summed E-state index contributed by atoms with van der Waals surface area (Å²) in [6, 6.07) is 31.1. The average Bonchev–Trinajstić information content (AvgIpc) is 2.92. The highest BCUT2D eigenvalue weighted by molar-refractivity contribution is 6.30. The average molecular weight is 500 g/mol. The maximum Gasteiger partial charge on any atom is 0.161 e. The number of benzene rings is 4. The molecule has 0 amide bonds. The van der Waals surface area contributed by atoms with Crippen LogP contribution in [0.2, 0.25) is 5.02 Å². The first-order valence-electron chi connectivity index (χ1n) is 12.1. The van der Waals surface area contributed by atoms with Crippen molar-refractivity contribution in [2.24, 2.45) is 0 Å². The second-order valence-electron chi connectivity index (χ2n) is 9.00. The molecule has 0 saturated carbocycles. The Morgan fingerprint density at radius 2 is 1.56 bits per heavy atom. The molecule has 4 aromatic carbocycles. The van der Waals surface area contributed by atoms with Gasteiger partial charge < -0.3 is 14.2 Å². The van der Waals surface area contributed by atoms with Crippen LogP contribution in [0.25, 0.3) is 0 Å². The maximum absolute atomic E-state index is 6.42. The van der Waals surface area contributed by atoms with E-state index in [0.717, 1.165) is 47.3 Å². The number of hydrogen-bond acceptors (Lipinski definition) is 4. The molecule has 1 heterocycles. The number of fused-ring (bicyclic) bond motifs is 1. The highest BCUT2D eigenvalue weighted by Crippen LogP contribution is 2.42. The molecule has 4 aromatic rings. The molecule has 0 spiro atoms. The Labute approximate surface area is 218 Å². The summed E-state index contributed by atoms with van der Waals surface area (Å²) >= 11 is 6.42. The normalized spacial score (nSPS) is 15.2. The Hall–Kier alpha value is -3.47. The first-order chi connectivity index (χ1) is 17.6. The van der Waals surface area contributed by atoms with Crippen molar-refractivity contribution < 1.29 is 14.2 Å². The summed E-state index contributed by atoms with van der Waals surface area (Å²) < 4.78 is 17.2. The number of halogens is 1. The molecule has 184 valence electrons. The minimum atomic E-state index is 0.0567. The molecule has 0 aromatic heterocycles. The summed E-state index contributed by atoms with van der Waals surface area (Å²) in [5, 5.41) is 0.736. The summed E-state index contributed by atoms with van der Waals surface area (Å²) in [4.78, 5) is 2.50. The lowest BCUT2D eigenvalue weighted by atomic mass is 9.87. The van der Waals surface area contributed by atoms with Crippen LogP contribution in [0.5, 0.6) is 17.2 Å². The van der Waals surface area contributed by atoms with Crippen LogP contribution in [0.4, 0.5) is 0 Å². The Balaban J connectivity index is 1.40. The fourth-order valence-electron chi connectivity index (χ4n) is 4.90. The van der Waals surface area contributed by atoms with Crippen molar-refractivity contribution in [3.8, 4) is 17.2 Å². The van der Waals surface area contributed by atoms with Crippen molar-refractivity contribution in [3.05, 3.63) is 124 Å². The van der Waals surface area contributed by atoms with Crippen LogP contribution in [0.3, 0.4) is 0 Å². The fourth-order valence-corrected chi connectivity index (χ4v) is 5.10. The van der Waals surface area contributed by atoms with E-state index in [0.29, 0.717) is 6.61 Å². The van der Waals surface area contributed by atoms with Crippen molar-refractivity contribution in [2.45, 2.75) is 25.6 Å². The van der Waals surface area contributed by atoms with Crippen molar-refractivity contribution in [3.63, 3.8) is 0 Å². The van der Waals surface area contributed by atoms with Gasteiger partial charge in [0.05, 0.1) is 20.3 Å². The lowest BCUT2D eigenvalue weighted by molar-refractivity contribution is 0.203. The van der Waals surface area contributed by atoms with Gasteiger partial charge in [0.2, 0.25) is 0 Å². The number of ether oxygens (including phenoxy) is 3. The first kappa shape index (κ1) is 24.2. The highest BCUT2D eigenvalue weighted by atomic mass is 35.5. The second kappa shape index (κ2) is 11.1. The summed E-state index contributed by atoms with van der Waals surface area (Å²) in [7, 11) is 3.36. The predicted octanol–water partition coefficient (Wildman–Crippen LogP) is 7.08. The van der Waals surface area contributed by atoms with E-state index in [1.807, 2.05) is 30.3 Å².